The maximum absolute atomic E-state index is 8.69. The fourth-order valence-corrected chi connectivity index (χ4v) is 1.43. The molecular weight excluding hydrogens is 170 g/mol. The second-order valence-corrected chi connectivity index (χ2v) is 3.11. The van der Waals surface area contributed by atoms with Crippen molar-refractivity contribution in [1.82, 2.24) is 4.98 Å². The first-order valence-corrected chi connectivity index (χ1v) is 4.45. The molecule has 4 heteroatoms. The summed E-state index contributed by atoms with van der Waals surface area (Å²) in [4.78, 5) is 4.76. The van der Waals surface area contributed by atoms with E-state index in [2.05, 4.69) is 11.1 Å². The first kappa shape index (κ1) is 8.75. The molecule has 0 radical (unpaired) electrons. The van der Waals surface area contributed by atoms with Crippen molar-refractivity contribution in [2.24, 2.45) is 5.73 Å². The van der Waals surface area contributed by atoms with Crippen LogP contribution in [0.25, 0.3) is 5.70 Å². The van der Waals surface area contributed by atoms with Gasteiger partial charge in [-0.25, -0.2) is 0 Å². The van der Waals surface area contributed by atoms with Crippen LogP contribution in [0.5, 0.6) is 0 Å². The van der Waals surface area contributed by atoms with E-state index in [1.54, 1.807) is 11.7 Å². The van der Waals surface area contributed by atoms with Crippen LogP contribution >= 0.6 is 11.3 Å². The molecule has 2 N–H and O–H groups in total. The zero-order valence-electron chi connectivity index (χ0n) is 6.74. The molecule has 0 saturated carbocycles. The number of hydrogen-bond donors (Lipinski definition) is 1. The number of nitriles is 1. The van der Waals surface area contributed by atoms with Gasteiger partial charge in [-0.1, -0.05) is 6.92 Å². The Morgan fingerprint density at radius 3 is 3.00 bits per heavy atom. The number of aromatic nitrogens is 1. The lowest BCUT2D eigenvalue weighted by Crippen LogP contribution is -1.98. The van der Waals surface area contributed by atoms with Gasteiger partial charge in [0.1, 0.15) is 0 Å². The fraction of sp³-hybridized carbons (Fsp3) is 0.250. The molecule has 62 valence electrons. The average Bonchev–Trinajstić information content (AvgIpc) is 2.58. The molecule has 0 spiro atoms. The van der Waals surface area contributed by atoms with Gasteiger partial charge in [-0.3, -0.25) is 4.98 Å². The smallest absolute Gasteiger partial charge is 0.0969 e. The summed E-state index contributed by atoms with van der Waals surface area (Å²) >= 11 is 1.44. The molecule has 0 aliphatic rings. The molecule has 0 atom stereocenters. The molecule has 1 aromatic rings. The third-order valence-corrected chi connectivity index (χ3v) is 2.32. The Morgan fingerprint density at radius 2 is 2.58 bits per heavy atom. The Balaban J connectivity index is 3.05. The number of allylic oxidation sites excluding steroid dienone is 1. The van der Waals surface area contributed by atoms with Gasteiger partial charge < -0.3 is 5.73 Å². The molecule has 0 saturated heterocycles. The van der Waals surface area contributed by atoms with Gasteiger partial charge in [0.2, 0.25) is 0 Å². The third kappa shape index (κ3) is 1.63. The average molecular weight is 179 g/mol. The van der Waals surface area contributed by atoms with Gasteiger partial charge in [0.25, 0.3) is 0 Å². The Morgan fingerprint density at radius 1 is 1.83 bits per heavy atom. The van der Waals surface area contributed by atoms with Crippen LogP contribution in [-0.4, -0.2) is 4.98 Å². The summed E-state index contributed by atoms with van der Waals surface area (Å²) in [6, 6.07) is 2.07. The van der Waals surface area contributed by atoms with Crippen molar-refractivity contribution in [2.75, 3.05) is 0 Å². The number of rotatable bonds is 2. The second-order valence-electron chi connectivity index (χ2n) is 2.22. The third-order valence-electron chi connectivity index (χ3n) is 1.51. The molecule has 0 unspecified atom stereocenters. The normalized spacial score (nSPS) is 12.0. The van der Waals surface area contributed by atoms with E-state index in [0.717, 1.165) is 4.88 Å². The van der Waals surface area contributed by atoms with Crippen LogP contribution < -0.4 is 5.73 Å². The Kier molecular flexibility index (Phi) is 2.83. The molecule has 1 aromatic heterocycles. The van der Waals surface area contributed by atoms with E-state index in [4.69, 9.17) is 11.0 Å². The van der Waals surface area contributed by atoms with E-state index in [1.807, 2.05) is 6.92 Å². The summed E-state index contributed by atoms with van der Waals surface area (Å²) in [5.41, 5.74) is 8.62. The molecule has 0 aromatic carbocycles. The number of nitrogens with zero attached hydrogens (tertiary/aromatic N) is 2. The minimum absolute atomic E-state index is 0.558. The van der Waals surface area contributed by atoms with Gasteiger partial charge in [-0.05, 0) is 6.42 Å². The zero-order chi connectivity index (χ0) is 8.97. The lowest BCUT2D eigenvalue weighted by atomic mass is 10.1. The van der Waals surface area contributed by atoms with Gasteiger partial charge in [0.05, 0.1) is 27.7 Å². The molecule has 0 aliphatic carbocycles. The van der Waals surface area contributed by atoms with E-state index in [1.165, 1.54) is 11.3 Å². The van der Waals surface area contributed by atoms with E-state index >= 15 is 0 Å². The number of hydrogen-bond acceptors (Lipinski definition) is 4. The van der Waals surface area contributed by atoms with Crippen molar-refractivity contribution >= 4 is 17.0 Å². The quantitative estimate of drug-likeness (QED) is 0.703. The Bertz CT molecular complexity index is 319. The summed E-state index contributed by atoms with van der Waals surface area (Å²) in [5.74, 6) is 0. The van der Waals surface area contributed by atoms with Crippen molar-refractivity contribution in [3.05, 3.63) is 22.2 Å². The van der Waals surface area contributed by atoms with Crippen LogP contribution in [0.15, 0.2) is 17.3 Å². The largest absolute Gasteiger partial charge is 0.397 e. The molecule has 1 heterocycles. The lowest BCUT2D eigenvalue weighted by molar-refractivity contribution is 1.15. The summed E-state index contributed by atoms with van der Waals surface area (Å²) in [6.07, 6.45) is 2.34. The minimum atomic E-state index is 0.558. The topological polar surface area (TPSA) is 62.7 Å². The van der Waals surface area contributed by atoms with Gasteiger partial charge >= 0.3 is 0 Å². The monoisotopic (exact) mass is 179 g/mol. The maximum atomic E-state index is 8.69. The molecule has 0 fully saturated rings. The molecular formula is C8H9N3S. The molecule has 0 amide bonds. The van der Waals surface area contributed by atoms with Crippen LogP contribution in [0, 0.1) is 11.3 Å². The van der Waals surface area contributed by atoms with Gasteiger partial charge in [0, 0.05) is 6.20 Å². The molecule has 0 aliphatic heterocycles. The predicted octanol–water partition coefficient (Wildman–Crippen LogP) is 1.75. The van der Waals surface area contributed by atoms with Crippen LogP contribution in [0.3, 0.4) is 0 Å². The minimum Gasteiger partial charge on any atom is -0.397 e. The van der Waals surface area contributed by atoms with Crippen LogP contribution in [0.1, 0.15) is 18.2 Å². The van der Waals surface area contributed by atoms with E-state index in [0.29, 0.717) is 17.7 Å². The predicted molar refractivity (Wildman–Crippen MR) is 49.1 cm³/mol. The highest BCUT2D eigenvalue weighted by Gasteiger charge is 2.04. The van der Waals surface area contributed by atoms with Gasteiger partial charge in [-0.2, -0.15) is 5.26 Å². The standard InChI is InChI=1S/C8H9N3S/c1-2-6(3-9)8(10)7-4-11-5-12-7/h4-5H,2,10H2,1H3/b8-6+. The van der Waals surface area contributed by atoms with E-state index in [9.17, 15) is 0 Å². The lowest BCUT2D eigenvalue weighted by Gasteiger charge is -1.98. The van der Waals surface area contributed by atoms with E-state index < -0.39 is 0 Å². The van der Waals surface area contributed by atoms with E-state index in [-0.39, 0.29) is 0 Å². The van der Waals surface area contributed by atoms with Gasteiger partial charge in [0.15, 0.2) is 0 Å². The maximum Gasteiger partial charge on any atom is 0.0969 e. The van der Waals surface area contributed by atoms with Crippen LogP contribution in [0.2, 0.25) is 0 Å². The Labute approximate surface area is 75.2 Å². The zero-order valence-corrected chi connectivity index (χ0v) is 7.56. The first-order valence-electron chi connectivity index (χ1n) is 3.57. The van der Waals surface area contributed by atoms with Crippen molar-refractivity contribution in [2.45, 2.75) is 13.3 Å². The Hall–Kier alpha value is -1.34. The summed E-state index contributed by atoms with van der Waals surface area (Å²) < 4.78 is 0. The number of nitrogens with two attached hydrogens (primary N) is 1. The van der Waals surface area contributed by atoms with Crippen molar-refractivity contribution in [3.8, 4) is 6.07 Å². The van der Waals surface area contributed by atoms with Gasteiger partial charge in [-0.15, -0.1) is 11.3 Å². The highest BCUT2D eigenvalue weighted by Crippen LogP contribution is 2.18. The number of thiazole rings is 1. The molecule has 1 rings (SSSR count). The highest BCUT2D eigenvalue weighted by molar-refractivity contribution is 7.10. The highest BCUT2D eigenvalue weighted by atomic mass is 32.1. The fourth-order valence-electron chi connectivity index (χ4n) is 0.827. The summed E-state index contributed by atoms with van der Waals surface area (Å²) in [7, 11) is 0. The van der Waals surface area contributed by atoms with Crippen LogP contribution in [0.4, 0.5) is 0 Å². The van der Waals surface area contributed by atoms with Crippen molar-refractivity contribution in [3.63, 3.8) is 0 Å². The molecule has 0 bridgehead atoms. The van der Waals surface area contributed by atoms with Crippen molar-refractivity contribution in [1.29, 1.82) is 5.26 Å². The SMILES string of the molecule is CC/C(C#N)=C(\N)c1cncs1. The first-order chi connectivity index (χ1) is 5.79. The summed E-state index contributed by atoms with van der Waals surface area (Å²) in [6.45, 7) is 1.91. The molecule has 12 heavy (non-hydrogen) atoms. The van der Waals surface area contributed by atoms with Crippen molar-refractivity contribution < 1.29 is 0 Å². The second kappa shape index (κ2) is 3.88. The van der Waals surface area contributed by atoms with Crippen LogP contribution in [-0.2, 0) is 0 Å². The summed E-state index contributed by atoms with van der Waals surface area (Å²) in [5, 5.41) is 8.69. The molecule has 3 nitrogen and oxygen atoms in total.